The number of rotatable bonds is 7. The van der Waals surface area contributed by atoms with Crippen molar-refractivity contribution in [2.45, 2.75) is 0 Å². The maximum Gasteiger partial charge on any atom is 0.0625 e. The van der Waals surface area contributed by atoms with Crippen LogP contribution in [0.2, 0.25) is 0 Å². The summed E-state index contributed by atoms with van der Waals surface area (Å²) in [5.41, 5.74) is 14.0. The topological polar surface area (TPSA) is 8.17 Å². The van der Waals surface area contributed by atoms with Gasteiger partial charge in [-0.2, -0.15) is 0 Å². The largest absolute Gasteiger partial charge is 0.310 e. The molecule has 0 saturated carbocycles. The Kier molecular flexibility index (Phi) is 7.85. The second kappa shape index (κ2) is 13.4. The van der Waals surface area contributed by atoms with Gasteiger partial charge in [0.05, 0.1) is 11.0 Å². The molecule has 0 atom stereocenters. The van der Waals surface area contributed by atoms with Crippen LogP contribution in [0.5, 0.6) is 0 Å². The van der Waals surface area contributed by atoms with Gasteiger partial charge < -0.3 is 9.47 Å². The predicted molar refractivity (Wildman–Crippen MR) is 229 cm³/mol. The third kappa shape index (κ3) is 5.53. The summed E-state index contributed by atoms with van der Waals surface area (Å²) in [6.07, 6.45) is 0. The molecule has 0 saturated heterocycles. The van der Waals surface area contributed by atoms with E-state index >= 15 is 0 Å². The van der Waals surface area contributed by atoms with Crippen molar-refractivity contribution in [1.82, 2.24) is 4.57 Å². The predicted octanol–water partition coefficient (Wildman–Crippen LogP) is 14.4. The van der Waals surface area contributed by atoms with Crippen LogP contribution < -0.4 is 4.90 Å². The minimum atomic E-state index is 1.09. The van der Waals surface area contributed by atoms with Crippen LogP contribution >= 0.6 is 0 Å². The molecule has 2 nitrogen and oxygen atoms in total. The Morgan fingerprint density at radius 1 is 0.333 bits per heavy atom. The van der Waals surface area contributed by atoms with E-state index in [0.29, 0.717) is 0 Å². The van der Waals surface area contributed by atoms with Gasteiger partial charge in [-0.25, -0.2) is 0 Å². The van der Waals surface area contributed by atoms with Crippen LogP contribution in [0.25, 0.3) is 71.6 Å². The van der Waals surface area contributed by atoms with Gasteiger partial charge in [0.25, 0.3) is 0 Å². The zero-order valence-electron chi connectivity index (χ0n) is 29.7. The Labute approximate surface area is 315 Å². The fraction of sp³-hybridized carbons (Fsp3) is 0. The van der Waals surface area contributed by atoms with Gasteiger partial charge in [-0.05, 0) is 93.4 Å². The summed E-state index contributed by atoms with van der Waals surface area (Å²) in [5, 5.41) is 4.94. The normalized spacial score (nSPS) is 11.3. The zero-order valence-corrected chi connectivity index (χ0v) is 29.7. The van der Waals surface area contributed by atoms with Crippen molar-refractivity contribution in [3.8, 4) is 39.1 Å². The quantitative estimate of drug-likeness (QED) is 0.162. The molecule has 1 heterocycles. The molecular weight excluding hydrogens is 653 g/mol. The summed E-state index contributed by atoms with van der Waals surface area (Å²) in [5.74, 6) is 0. The number of hydrogen-bond donors (Lipinski definition) is 0. The SMILES string of the molecule is c1ccc(-c2ccc(N(c3ccc(-c4ccccc4)cc3)c3ccc4c5c(-c6ccccc6)cc6ccccc6c5n(-c5ccccc5)c4c3)cc2)cc1. The molecule has 54 heavy (non-hydrogen) atoms. The van der Waals surface area contributed by atoms with Gasteiger partial charge >= 0.3 is 0 Å². The van der Waals surface area contributed by atoms with E-state index in [1.807, 2.05) is 0 Å². The summed E-state index contributed by atoms with van der Waals surface area (Å²) < 4.78 is 2.47. The highest BCUT2D eigenvalue weighted by molar-refractivity contribution is 6.24. The molecule has 2 heteroatoms. The van der Waals surface area contributed by atoms with Crippen LogP contribution in [-0.4, -0.2) is 4.57 Å². The number of para-hydroxylation sites is 1. The Hall–Kier alpha value is -7.16. The molecule has 9 aromatic carbocycles. The van der Waals surface area contributed by atoms with Gasteiger partial charge in [-0.15, -0.1) is 0 Å². The first-order valence-electron chi connectivity index (χ1n) is 18.5. The molecule has 0 aliphatic heterocycles. The highest BCUT2D eigenvalue weighted by Crippen LogP contribution is 2.45. The molecule has 0 bridgehead atoms. The van der Waals surface area contributed by atoms with Gasteiger partial charge in [0.2, 0.25) is 0 Å². The second-order valence-electron chi connectivity index (χ2n) is 13.8. The highest BCUT2D eigenvalue weighted by Gasteiger charge is 2.22. The van der Waals surface area contributed by atoms with Crippen molar-refractivity contribution in [2.24, 2.45) is 0 Å². The van der Waals surface area contributed by atoms with Crippen LogP contribution in [0.15, 0.2) is 218 Å². The molecule has 0 amide bonds. The van der Waals surface area contributed by atoms with E-state index in [1.54, 1.807) is 0 Å². The molecular formula is C52H36N2. The zero-order chi connectivity index (χ0) is 35.8. The van der Waals surface area contributed by atoms with E-state index in [9.17, 15) is 0 Å². The maximum atomic E-state index is 2.47. The third-order valence-electron chi connectivity index (χ3n) is 10.6. The first-order chi connectivity index (χ1) is 26.8. The monoisotopic (exact) mass is 688 g/mol. The van der Waals surface area contributed by atoms with Gasteiger partial charge in [0.1, 0.15) is 0 Å². The summed E-state index contributed by atoms with van der Waals surface area (Å²) >= 11 is 0. The van der Waals surface area contributed by atoms with E-state index < -0.39 is 0 Å². The number of anilines is 3. The Bertz CT molecular complexity index is 2790. The molecule has 0 N–H and O–H groups in total. The lowest BCUT2D eigenvalue weighted by molar-refractivity contribution is 1.18. The van der Waals surface area contributed by atoms with Crippen molar-refractivity contribution in [3.05, 3.63) is 218 Å². The lowest BCUT2D eigenvalue weighted by Crippen LogP contribution is -2.10. The Morgan fingerprint density at radius 2 is 0.796 bits per heavy atom. The number of aromatic nitrogens is 1. The number of hydrogen-bond acceptors (Lipinski definition) is 1. The van der Waals surface area contributed by atoms with Crippen molar-refractivity contribution in [2.75, 3.05) is 4.90 Å². The Balaban J connectivity index is 1.23. The average Bonchev–Trinajstić information content (AvgIpc) is 3.60. The standard InChI is InChI=1S/C52H36N2/c1-5-15-37(16-6-1)39-25-29-44(30-26-39)53(45-31-27-40(28-32-45)38-17-7-2-8-18-38)46-33-34-48-50(36-46)54(43-22-11-4-12-23-43)52-47-24-14-13-21-42(47)35-49(51(48)52)41-19-9-3-10-20-41/h1-36H. The van der Waals surface area contributed by atoms with E-state index in [1.165, 1.54) is 60.4 Å². The van der Waals surface area contributed by atoms with Crippen molar-refractivity contribution in [1.29, 1.82) is 0 Å². The van der Waals surface area contributed by atoms with Gasteiger partial charge in [0.15, 0.2) is 0 Å². The van der Waals surface area contributed by atoms with Crippen LogP contribution in [-0.2, 0) is 0 Å². The molecule has 0 spiro atoms. The van der Waals surface area contributed by atoms with E-state index in [-0.39, 0.29) is 0 Å². The molecule has 0 aliphatic rings. The fourth-order valence-electron chi connectivity index (χ4n) is 8.01. The van der Waals surface area contributed by atoms with Crippen molar-refractivity contribution >= 4 is 49.6 Å². The lowest BCUT2D eigenvalue weighted by Gasteiger charge is -2.26. The van der Waals surface area contributed by atoms with E-state index in [2.05, 4.69) is 228 Å². The van der Waals surface area contributed by atoms with Gasteiger partial charge in [-0.1, -0.05) is 164 Å². The maximum absolute atomic E-state index is 2.47. The minimum Gasteiger partial charge on any atom is -0.310 e. The average molecular weight is 689 g/mol. The molecule has 0 unspecified atom stereocenters. The number of fused-ring (bicyclic) bond motifs is 5. The lowest BCUT2D eigenvalue weighted by atomic mass is 9.95. The molecule has 0 radical (unpaired) electrons. The van der Waals surface area contributed by atoms with Gasteiger partial charge in [0, 0.05) is 38.9 Å². The van der Waals surface area contributed by atoms with Gasteiger partial charge in [-0.3, -0.25) is 0 Å². The number of benzene rings is 9. The fourth-order valence-corrected chi connectivity index (χ4v) is 8.01. The van der Waals surface area contributed by atoms with Crippen LogP contribution in [0.3, 0.4) is 0 Å². The molecule has 10 rings (SSSR count). The highest BCUT2D eigenvalue weighted by atomic mass is 15.1. The van der Waals surface area contributed by atoms with Crippen LogP contribution in [0.1, 0.15) is 0 Å². The molecule has 0 aliphatic carbocycles. The first-order valence-corrected chi connectivity index (χ1v) is 18.5. The molecule has 0 fully saturated rings. The third-order valence-corrected chi connectivity index (χ3v) is 10.6. The summed E-state index contributed by atoms with van der Waals surface area (Å²) in [6.45, 7) is 0. The summed E-state index contributed by atoms with van der Waals surface area (Å²) in [4.78, 5) is 2.38. The number of nitrogens with zero attached hydrogens (tertiary/aromatic N) is 2. The van der Waals surface area contributed by atoms with Crippen molar-refractivity contribution < 1.29 is 0 Å². The van der Waals surface area contributed by atoms with Crippen LogP contribution in [0, 0.1) is 0 Å². The minimum absolute atomic E-state index is 1.09. The Morgan fingerprint density at radius 3 is 1.37 bits per heavy atom. The van der Waals surface area contributed by atoms with E-state index in [4.69, 9.17) is 0 Å². The van der Waals surface area contributed by atoms with Crippen LogP contribution in [0.4, 0.5) is 17.1 Å². The summed E-state index contributed by atoms with van der Waals surface area (Å²) in [7, 11) is 0. The molecule has 254 valence electrons. The summed E-state index contributed by atoms with van der Waals surface area (Å²) in [6, 6.07) is 78.8. The first kappa shape index (κ1) is 31.6. The van der Waals surface area contributed by atoms with Crippen molar-refractivity contribution in [3.63, 3.8) is 0 Å². The smallest absolute Gasteiger partial charge is 0.0625 e. The second-order valence-corrected chi connectivity index (χ2v) is 13.8. The van der Waals surface area contributed by atoms with E-state index in [0.717, 1.165) is 28.3 Å². The molecule has 1 aromatic heterocycles. The molecule has 10 aromatic rings.